The Morgan fingerprint density at radius 2 is 1.95 bits per heavy atom. The smallest absolute Gasteiger partial charge is 0.317 e. The summed E-state index contributed by atoms with van der Waals surface area (Å²) in [5, 5.41) is 3.00. The third kappa shape index (κ3) is 3.42. The average molecular weight is 282 g/mol. The number of nitrogens with zero attached hydrogens (tertiary/aromatic N) is 3. The zero-order valence-electron chi connectivity index (χ0n) is 12.8. The molecule has 114 valence electrons. The highest BCUT2D eigenvalue weighted by Gasteiger charge is 2.33. The fourth-order valence-corrected chi connectivity index (χ4v) is 2.86. The van der Waals surface area contributed by atoms with Crippen LogP contribution in [0, 0.1) is 0 Å². The first-order valence-electron chi connectivity index (χ1n) is 7.58. The summed E-state index contributed by atoms with van der Waals surface area (Å²) in [4.78, 5) is 30.0. The van der Waals surface area contributed by atoms with Crippen molar-refractivity contribution in [3.63, 3.8) is 0 Å². The second-order valence-electron chi connectivity index (χ2n) is 5.91. The number of hydrogen-bond donors (Lipinski definition) is 1. The number of carbonyl (C=O) groups is 2. The maximum Gasteiger partial charge on any atom is 0.317 e. The number of rotatable bonds is 3. The second kappa shape index (κ2) is 6.43. The van der Waals surface area contributed by atoms with Crippen molar-refractivity contribution >= 4 is 11.9 Å². The molecule has 1 N–H and O–H groups in total. The molecular formula is C14H26N4O2. The van der Waals surface area contributed by atoms with Crippen LogP contribution in [0.25, 0.3) is 0 Å². The van der Waals surface area contributed by atoms with E-state index in [1.807, 2.05) is 23.6 Å². The van der Waals surface area contributed by atoms with E-state index in [1.165, 1.54) is 0 Å². The molecule has 0 aliphatic carbocycles. The van der Waals surface area contributed by atoms with Gasteiger partial charge in [-0.1, -0.05) is 6.92 Å². The standard InChI is InChI=1S/C14H26N4O2/c1-4-16-5-7-17(8-6-16)14(20)15-12-9-13(19)18(10-12)11(2)3/h11-12H,4-10H2,1-3H3,(H,15,20). The van der Waals surface area contributed by atoms with Crippen LogP contribution in [0.3, 0.4) is 0 Å². The maximum absolute atomic E-state index is 12.2. The van der Waals surface area contributed by atoms with Gasteiger partial charge in [-0.05, 0) is 20.4 Å². The predicted octanol–water partition coefficient (Wildman–Crippen LogP) is 0.343. The molecule has 0 saturated carbocycles. The van der Waals surface area contributed by atoms with Crippen LogP contribution in [-0.2, 0) is 4.79 Å². The van der Waals surface area contributed by atoms with Crippen LogP contribution in [0.2, 0.25) is 0 Å². The number of hydrogen-bond acceptors (Lipinski definition) is 3. The summed E-state index contributed by atoms with van der Waals surface area (Å²) in [7, 11) is 0. The summed E-state index contributed by atoms with van der Waals surface area (Å²) in [6, 6.07) is 0.142. The average Bonchev–Trinajstić information content (AvgIpc) is 2.79. The van der Waals surface area contributed by atoms with E-state index in [1.54, 1.807) is 0 Å². The molecular weight excluding hydrogens is 256 g/mol. The molecule has 2 aliphatic heterocycles. The third-order valence-electron chi connectivity index (χ3n) is 4.22. The van der Waals surface area contributed by atoms with Gasteiger partial charge in [0.2, 0.25) is 5.91 Å². The normalized spacial score (nSPS) is 24.6. The first-order valence-corrected chi connectivity index (χ1v) is 7.58. The van der Waals surface area contributed by atoms with Gasteiger partial charge in [0.05, 0.1) is 6.04 Å². The van der Waals surface area contributed by atoms with Crippen molar-refractivity contribution in [3.8, 4) is 0 Å². The number of amides is 3. The minimum Gasteiger partial charge on any atom is -0.338 e. The van der Waals surface area contributed by atoms with Crippen molar-refractivity contribution < 1.29 is 9.59 Å². The summed E-state index contributed by atoms with van der Waals surface area (Å²) < 4.78 is 0. The molecule has 3 amide bonds. The fourth-order valence-electron chi connectivity index (χ4n) is 2.86. The molecule has 0 aromatic rings. The summed E-state index contributed by atoms with van der Waals surface area (Å²) >= 11 is 0. The minimum absolute atomic E-state index is 0.0239. The molecule has 6 heteroatoms. The first kappa shape index (κ1) is 15.1. The van der Waals surface area contributed by atoms with Gasteiger partial charge in [0.1, 0.15) is 0 Å². The van der Waals surface area contributed by atoms with Crippen LogP contribution in [0.5, 0.6) is 0 Å². The lowest BCUT2D eigenvalue weighted by molar-refractivity contribution is -0.129. The van der Waals surface area contributed by atoms with E-state index in [-0.39, 0.29) is 24.0 Å². The molecule has 2 saturated heterocycles. The highest BCUT2D eigenvalue weighted by Crippen LogP contribution is 2.14. The molecule has 6 nitrogen and oxygen atoms in total. The minimum atomic E-state index is -0.0402. The number of piperazine rings is 1. The summed E-state index contributed by atoms with van der Waals surface area (Å²) in [5.41, 5.74) is 0. The molecule has 1 unspecified atom stereocenters. The molecule has 1 atom stereocenters. The van der Waals surface area contributed by atoms with Gasteiger partial charge in [-0.3, -0.25) is 4.79 Å². The lowest BCUT2D eigenvalue weighted by atomic mass is 10.2. The molecule has 2 fully saturated rings. The van der Waals surface area contributed by atoms with Crippen molar-refractivity contribution in [2.45, 2.75) is 39.3 Å². The molecule has 2 aliphatic rings. The SMILES string of the molecule is CCN1CCN(C(=O)NC2CC(=O)N(C(C)C)C2)CC1. The van der Waals surface area contributed by atoms with Crippen molar-refractivity contribution in [1.82, 2.24) is 20.0 Å². The van der Waals surface area contributed by atoms with Gasteiger partial charge in [0.15, 0.2) is 0 Å². The van der Waals surface area contributed by atoms with E-state index < -0.39 is 0 Å². The highest BCUT2D eigenvalue weighted by molar-refractivity contribution is 5.82. The van der Waals surface area contributed by atoms with E-state index in [4.69, 9.17) is 0 Å². The maximum atomic E-state index is 12.2. The van der Waals surface area contributed by atoms with E-state index in [0.29, 0.717) is 13.0 Å². The lowest BCUT2D eigenvalue weighted by Crippen LogP contribution is -2.53. The van der Waals surface area contributed by atoms with E-state index >= 15 is 0 Å². The van der Waals surface area contributed by atoms with Crippen LogP contribution in [-0.4, -0.2) is 78.0 Å². The molecule has 0 radical (unpaired) electrons. The second-order valence-corrected chi connectivity index (χ2v) is 5.91. The van der Waals surface area contributed by atoms with Crippen LogP contribution in [0.4, 0.5) is 4.79 Å². The van der Waals surface area contributed by atoms with Crippen molar-refractivity contribution in [3.05, 3.63) is 0 Å². The van der Waals surface area contributed by atoms with Gasteiger partial charge in [0.25, 0.3) is 0 Å². The lowest BCUT2D eigenvalue weighted by Gasteiger charge is -2.34. The van der Waals surface area contributed by atoms with Crippen LogP contribution < -0.4 is 5.32 Å². The number of likely N-dealkylation sites (N-methyl/N-ethyl adjacent to an activating group) is 1. The van der Waals surface area contributed by atoms with E-state index in [0.717, 1.165) is 32.7 Å². The van der Waals surface area contributed by atoms with Crippen LogP contribution in [0.1, 0.15) is 27.2 Å². The van der Waals surface area contributed by atoms with Gasteiger partial charge in [0, 0.05) is 45.2 Å². The third-order valence-corrected chi connectivity index (χ3v) is 4.22. The topological polar surface area (TPSA) is 55.9 Å². The number of urea groups is 1. The Balaban J connectivity index is 1.80. The number of carbonyl (C=O) groups excluding carboxylic acids is 2. The Bertz CT molecular complexity index is 364. The van der Waals surface area contributed by atoms with Crippen molar-refractivity contribution in [2.75, 3.05) is 39.3 Å². The Kier molecular flexibility index (Phi) is 4.86. The molecule has 0 aromatic heterocycles. The predicted molar refractivity (Wildman–Crippen MR) is 77.5 cm³/mol. The first-order chi connectivity index (χ1) is 9.51. The Morgan fingerprint density at radius 1 is 1.30 bits per heavy atom. The molecule has 20 heavy (non-hydrogen) atoms. The number of likely N-dealkylation sites (tertiary alicyclic amines) is 1. The zero-order valence-corrected chi connectivity index (χ0v) is 12.8. The van der Waals surface area contributed by atoms with Gasteiger partial charge in [-0.2, -0.15) is 0 Å². The monoisotopic (exact) mass is 282 g/mol. The van der Waals surface area contributed by atoms with Gasteiger partial charge in [-0.25, -0.2) is 4.79 Å². The molecule has 2 rings (SSSR count). The quantitative estimate of drug-likeness (QED) is 0.812. The number of nitrogens with one attached hydrogen (secondary N) is 1. The molecule has 0 aromatic carbocycles. The summed E-state index contributed by atoms with van der Waals surface area (Å²) in [6.45, 7) is 11.2. The van der Waals surface area contributed by atoms with E-state index in [9.17, 15) is 9.59 Å². The Hall–Kier alpha value is -1.30. The summed E-state index contributed by atoms with van der Waals surface area (Å²) in [5.74, 6) is 0.140. The zero-order chi connectivity index (χ0) is 14.7. The van der Waals surface area contributed by atoms with Crippen molar-refractivity contribution in [2.24, 2.45) is 0 Å². The van der Waals surface area contributed by atoms with Gasteiger partial charge < -0.3 is 20.0 Å². The fraction of sp³-hybridized carbons (Fsp3) is 0.857. The van der Waals surface area contributed by atoms with Gasteiger partial charge in [-0.15, -0.1) is 0 Å². The highest BCUT2D eigenvalue weighted by atomic mass is 16.2. The molecule has 0 bridgehead atoms. The summed E-state index contributed by atoms with van der Waals surface area (Å²) in [6.07, 6.45) is 0.429. The van der Waals surface area contributed by atoms with Gasteiger partial charge >= 0.3 is 6.03 Å². The molecule has 2 heterocycles. The molecule has 0 spiro atoms. The van der Waals surface area contributed by atoms with E-state index in [2.05, 4.69) is 17.1 Å². The Labute approximate surface area is 121 Å². The largest absolute Gasteiger partial charge is 0.338 e. The van der Waals surface area contributed by atoms with Crippen molar-refractivity contribution in [1.29, 1.82) is 0 Å². The van der Waals surface area contributed by atoms with Crippen LogP contribution >= 0.6 is 0 Å². The van der Waals surface area contributed by atoms with Crippen LogP contribution in [0.15, 0.2) is 0 Å². The Morgan fingerprint density at radius 3 is 2.45 bits per heavy atom.